The highest BCUT2D eigenvalue weighted by Gasteiger charge is 2.20. The first-order valence-electron chi connectivity index (χ1n) is 10.8. The van der Waals surface area contributed by atoms with Gasteiger partial charge in [0.25, 0.3) is 5.56 Å². The van der Waals surface area contributed by atoms with E-state index < -0.39 is 6.03 Å². The van der Waals surface area contributed by atoms with Gasteiger partial charge in [-0.25, -0.2) is 14.5 Å². The summed E-state index contributed by atoms with van der Waals surface area (Å²) < 4.78 is 1.58. The molecule has 32 heavy (non-hydrogen) atoms. The zero-order valence-electron chi connectivity index (χ0n) is 18.0. The van der Waals surface area contributed by atoms with Gasteiger partial charge in [0, 0.05) is 26.1 Å². The molecule has 1 aliphatic heterocycles. The van der Waals surface area contributed by atoms with Gasteiger partial charge >= 0.3 is 6.03 Å². The molecular formula is C22H27N7O3. The quantitative estimate of drug-likeness (QED) is 0.540. The number of aromatic amines is 1. The van der Waals surface area contributed by atoms with Gasteiger partial charge in [0.1, 0.15) is 11.2 Å². The highest BCUT2D eigenvalue weighted by Crippen LogP contribution is 2.16. The van der Waals surface area contributed by atoms with Gasteiger partial charge in [-0.15, -0.1) is 0 Å². The molecule has 10 heteroatoms. The van der Waals surface area contributed by atoms with E-state index in [1.807, 2.05) is 35.2 Å². The van der Waals surface area contributed by atoms with Crippen LogP contribution in [0.2, 0.25) is 0 Å². The van der Waals surface area contributed by atoms with Crippen LogP contribution in [0.5, 0.6) is 0 Å². The molecule has 0 atom stereocenters. The molecule has 4 rings (SSSR count). The van der Waals surface area contributed by atoms with Crippen LogP contribution < -0.4 is 16.2 Å². The van der Waals surface area contributed by atoms with Crippen molar-refractivity contribution in [2.75, 3.05) is 19.6 Å². The van der Waals surface area contributed by atoms with E-state index in [1.165, 1.54) is 6.20 Å². The van der Waals surface area contributed by atoms with E-state index in [9.17, 15) is 14.4 Å². The predicted molar refractivity (Wildman–Crippen MR) is 119 cm³/mol. The second kappa shape index (κ2) is 9.63. The Hall–Kier alpha value is -3.69. The van der Waals surface area contributed by atoms with Crippen LogP contribution in [0.3, 0.4) is 0 Å². The molecule has 0 aliphatic carbocycles. The number of aromatic nitrogens is 4. The molecule has 0 spiro atoms. The molecule has 2 aromatic heterocycles. The van der Waals surface area contributed by atoms with Gasteiger partial charge in [0.15, 0.2) is 5.65 Å². The van der Waals surface area contributed by atoms with E-state index in [0.29, 0.717) is 22.8 Å². The fourth-order valence-corrected chi connectivity index (χ4v) is 3.73. The van der Waals surface area contributed by atoms with Crippen molar-refractivity contribution in [3.05, 3.63) is 52.7 Å². The largest absolute Gasteiger partial charge is 0.343 e. The number of hydrogen-bond acceptors (Lipinski definition) is 5. The van der Waals surface area contributed by atoms with E-state index in [2.05, 4.69) is 32.6 Å². The minimum absolute atomic E-state index is 0.0366. The van der Waals surface area contributed by atoms with Crippen molar-refractivity contribution < 1.29 is 9.59 Å². The fourth-order valence-electron chi connectivity index (χ4n) is 3.73. The number of carbonyl (C=O) groups excluding carboxylic acids is 2. The zero-order valence-corrected chi connectivity index (χ0v) is 18.0. The third kappa shape index (κ3) is 4.96. The van der Waals surface area contributed by atoms with E-state index in [0.717, 1.165) is 31.6 Å². The average molecular weight is 438 g/mol. The van der Waals surface area contributed by atoms with Crippen molar-refractivity contribution in [3.8, 4) is 5.69 Å². The molecule has 3 heterocycles. The number of nitrogens with zero attached hydrogens (tertiary/aromatic N) is 4. The lowest BCUT2D eigenvalue weighted by Crippen LogP contribution is -2.41. The SMILES string of the molecule is CC1CCN(C(=O)CCNC(=O)NCc2nc3c(cnn3-c3ccccc3)c(=O)[nH]2)CC1. The summed E-state index contributed by atoms with van der Waals surface area (Å²) in [7, 11) is 0. The second-order valence-electron chi connectivity index (χ2n) is 8.06. The molecule has 1 fully saturated rings. The van der Waals surface area contributed by atoms with Gasteiger partial charge in [-0.1, -0.05) is 25.1 Å². The smallest absolute Gasteiger partial charge is 0.315 e. The van der Waals surface area contributed by atoms with Gasteiger partial charge in [-0.3, -0.25) is 9.59 Å². The number of benzene rings is 1. The van der Waals surface area contributed by atoms with Crippen molar-refractivity contribution in [1.29, 1.82) is 0 Å². The minimum Gasteiger partial charge on any atom is -0.343 e. The maximum Gasteiger partial charge on any atom is 0.315 e. The summed E-state index contributed by atoms with van der Waals surface area (Å²) in [6.07, 6.45) is 3.79. The summed E-state index contributed by atoms with van der Waals surface area (Å²) in [5.74, 6) is 1.03. The molecule has 0 saturated carbocycles. The number of likely N-dealkylation sites (tertiary alicyclic amines) is 1. The van der Waals surface area contributed by atoms with Crippen molar-refractivity contribution in [1.82, 2.24) is 35.3 Å². The Morgan fingerprint density at radius 1 is 1.16 bits per heavy atom. The van der Waals surface area contributed by atoms with E-state index >= 15 is 0 Å². The molecule has 10 nitrogen and oxygen atoms in total. The Bertz CT molecular complexity index is 1150. The van der Waals surface area contributed by atoms with Crippen molar-refractivity contribution in [2.24, 2.45) is 5.92 Å². The molecule has 1 aliphatic rings. The molecule has 168 valence electrons. The fraction of sp³-hybridized carbons (Fsp3) is 0.409. The Kier molecular flexibility index (Phi) is 6.48. The first-order chi connectivity index (χ1) is 15.5. The number of amides is 3. The summed E-state index contributed by atoms with van der Waals surface area (Å²) >= 11 is 0. The Labute approximate surface area is 185 Å². The second-order valence-corrected chi connectivity index (χ2v) is 8.06. The first-order valence-corrected chi connectivity index (χ1v) is 10.8. The number of hydrogen-bond donors (Lipinski definition) is 3. The van der Waals surface area contributed by atoms with Crippen LogP contribution in [-0.4, -0.2) is 56.2 Å². The van der Waals surface area contributed by atoms with Crippen molar-refractivity contribution in [3.63, 3.8) is 0 Å². The number of para-hydroxylation sites is 1. The molecule has 0 radical (unpaired) electrons. The molecule has 1 aromatic carbocycles. The van der Waals surface area contributed by atoms with Gasteiger partial charge in [-0.2, -0.15) is 5.10 Å². The highest BCUT2D eigenvalue weighted by atomic mass is 16.2. The van der Waals surface area contributed by atoms with E-state index in [-0.39, 0.29) is 31.0 Å². The monoisotopic (exact) mass is 437 g/mol. The average Bonchev–Trinajstić information content (AvgIpc) is 3.23. The zero-order chi connectivity index (χ0) is 22.5. The third-order valence-corrected chi connectivity index (χ3v) is 5.67. The number of fused-ring (bicyclic) bond motifs is 1. The molecular weight excluding hydrogens is 410 g/mol. The Morgan fingerprint density at radius 3 is 2.66 bits per heavy atom. The number of nitrogens with one attached hydrogen (secondary N) is 3. The molecule has 1 saturated heterocycles. The lowest BCUT2D eigenvalue weighted by Gasteiger charge is -2.30. The van der Waals surface area contributed by atoms with Gasteiger partial charge in [-0.05, 0) is 30.9 Å². The van der Waals surface area contributed by atoms with Crippen LogP contribution in [0.25, 0.3) is 16.7 Å². The van der Waals surface area contributed by atoms with Gasteiger partial charge in [0.2, 0.25) is 5.91 Å². The Balaban J connectivity index is 1.31. The van der Waals surface area contributed by atoms with E-state index in [1.54, 1.807) is 4.68 Å². The number of H-pyrrole nitrogens is 1. The summed E-state index contributed by atoms with van der Waals surface area (Å²) in [4.78, 5) is 45.7. The Morgan fingerprint density at radius 2 is 1.91 bits per heavy atom. The number of piperidine rings is 1. The lowest BCUT2D eigenvalue weighted by molar-refractivity contribution is -0.132. The lowest BCUT2D eigenvalue weighted by atomic mass is 9.99. The van der Waals surface area contributed by atoms with Crippen LogP contribution in [0.4, 0.5) is 4.79 Å². The van der Waals surface area contributed by atoms with Crippen molar-refractivity contribution in [2.45, 2.75) is 32.7 Å². The molecule has 3 N–H and O–H groups in total. The molecule has 0 unspecified atom stereocenters. The predicted octanol–water partition coefficient (Wildman–Crippen LogP) is 1.56. The van der Waals surface area contributed by atoms with Crippen LogP contribution in [0.15, 0.2) is 41.3 Å². The summed E-state index contributed by atoms with van der Waals surface area (Å²) in [5, 5.41) is 9.97. The van der Waals surface area contributed by atoms with E-state index in [4.69, 9.17) is 0 Å². The number of carbonyl (C=O) groups is 2. The normalized spacial score (nSPS) is 14.5. The van der Waals surface area contributed by atoms with Crippen molar-refractivity contribution >= 4 is 23.0 Å². The van der Waals surface area contributed by atoms with Crippen LogP contribution in [0, 0.1) is 5.92 Å². The molecule has 3 aromatic rings. The van der Waals surface area contributed by atoms with Gasteiger partial charge < -0.3 is 20.5 Å². The van der Waals surface area contributed by atoms with Crippen LogP contribution in [0.1, 0.15) is 32.0 Å². The third-order valence-electron chi connectivity index (χ3n) is 5.67. The first kappa shape index (κ1) is 21.5. The molecule has 3 amide bonds. The van der Waals surface area contributed by atoms with Gasteiger partial charge in [0.05, 0.1) is 18.4 Å². The maximum absolute atomic E-state index is 12.4. The summed E-state index contributed by atoms with van der Waals surface area (Å²) in [5.41, 5.74) is 0.875. The highest BCUT2D eigenvalue weighted by molar-refractivity contribution is 5.78. The number of rotatable bonds is 6. The topological polar surface area (TPSA) is 125 Å². The summed E-state index contributed by atoms with van der Waals surface area (Å²) in [6.45, 7) is 4.05. The standard InChI is InChI=1S/C22H27N7O3/c1-15-8-11-28(12-9-15)19(30)7-10-23-22(32)24-14-18-26-20-17(21(31)27-18)13-25-29(20)16-5-3-2-4-6-16/h2-6,13,15H,7-12,14H2,1H3,(H2,23,24,32)(H,26,27,31). The minimum atomic E-state index is -0.427. The summed E-state index contributed by atoms with van der Waals surface area (Å²) in [6, 6.07) is 8.95. The molecule has 0 bridgehead atoms. The number of urea groups is 1. The maximum atomic E-state index is 12.4. The van der Waals surface area contributed by atoms with Crippen LogP contribution >= 0.6 is 0 Å². The van der Waals surface area contributed by atoms with Crippen LogP contribution in [-0.2, 0) is 11.3 Å².